The second kappa shape index (κ2) is 6.51. The minimum absolute atomic E-state index is 0.324. The maximum atomic E-state index is 10.2. The van der Waals surface area contributed by atoms with Gasteiger partial charge in [0.1, 0.15) is 11.5 Å². The first-order valence-corrected chi connectivity index (χ1v) is 8.67. The van der Waals surface area contributed by atoms with Gasteiger partial charge in [-0.25, -0.2) is 0 Å². The third-order valence-corrected chi connectivity index (χ3v) is 5.92. The molecule has 0 saturated heterocycles. The van der Waals surface area contributed by atoms with Gasteiger partial charge in [0.15, 0.2) is 0 Å². The van der Waals surface area contributed by atoms with Crippen molar-refractivity contribution in [3.63, 3.8) is 0 Å². The Morgan fingerprint density at radius 1 is 0.583 bits per heavy atom. The van der Waals surface area contributed by atoms with Gasteiger partial charge in [-0.05, 0) is 97.9 Å². The minimum Gasteiger partial charge on any atom is -0.507 e. The number of aromatic hydroxyl groups is 2. The Bertz CT molecular complexity index is 720. The van der Waals surface area contributed by atoms with Crippen molar-refractivity contribution in [2.24, 2.45) is 0 Å². The quantitative estimate of drug-likeness (QED) is 0.742. The predicted molar refractivity (Wildman–Crippen MR) is 101 cm³/mol. The Kier molecular flexibility index (Phi) is 4.98. The van der Waals surface area contributed by atoms with Gasteiger partial charge >= 0.3 is 0 Å². The molecule has 0 aliphatic rings. The van der Waals surface area contributed by atoms with E-state index in [2.05, 4.69) is 39.8 Å². The Hall–Kier alpha value is -1.96. The van der Waals surface area contributed by atoms with Gasteiger partial charge < -0.3 is 10.2 Å². The first-order valence-electron chi connectivity index (χ1n) is 8.67. The maximum absolute atomic E-state index is 10.2. The summed E-state index contributed by atoms with van der Waals surface area (Å²) in [7, 11) is 0. The highest BCUT2D eigenvalue weighted by molar-refractivity contribution is 5.52. The van der Waals surface area contributed by atoms with E-state index in [9.17, 15) is 10.2 Å². The number of hydrogen-bond acceptors (Lipinski definition) is 2. The fourth-order valence-corrected chi connectivity index (χ4v) is 3.68. The molecule has 2 unspecified atom stereocenters. The van der Waals surface area contributed by atoms with Crippen molar-refractivity contribution < 1.29 is 10.2 Å². The van der Waals surface area contributed by atoms with Crippen LogP contribution in [0.25, 0.3) is 0 Å². The number of aryl methyl sites for hydroxylation is 2. The van der Waals surface area contributed by atoms with E-state index in [-0.39, 0.29) is 0 Å². The lowest BCUT2D eigenvalue weighted by atomic mass is 9.78. The zero-order chi connectivity index (χ0) is 18.3. The van der Waals surface area contributed by atoms with Crippen LogP contribution in [0.15, 0.2) is 12.1 Å². The van der Waals surface area contributed by atoms with Crippen molar-refractivity contribution in [1.29, 1.82) is 0 Å². The molecule has 2 nitrogen and oxygen atoms in total. The summed E-state index contributed by atoms with van der Waals surface area (Å²) in [6.45, 7) is 16.6. The Morgan fingerprint density at radius 3 is 1.17 bits per heavy atom. The highest BCUT2D eigenvalue weighted by Crippen LogP contribution is 2.41. The van der Waals surface area contributed by atoms with Gasteiger partial charge in [0.2, 0.25) is 0 Å². The molecule has 0 amide bonds. The van der Waals surface area contributed by atoms with Gasteiger partial charge in [0, 0.05) is 0 Å². The molecule has 2 aromatic carbocycles. The van der Waals surface area contributed by atoms with E-state index in [0.717, 1.165) is 22.3 Å². The molecule has 0 bridgehead atoms. The summed E-state index contributed by atoms with van der Waals surface area (Å²) in [5.41, 5.74) is 8.72. The number of rotatable bonds is 3. The zero-order valence-corrected chi connectivity index (χ0v) is 16.2. The molecule has 0 fully saturated rings. The fourth-order valence-electron chi connectivity index (χ4n) is 3.68. The Morgan fingerprint density at radius 2 is 0.875 bits per heavy atom. The van der Waals surface area contributed by atoms with Crippen LogP contribution in [0.1, 0.15) is 70.2 Å². The smallest absolute Gasteiger partial charge is 0.121 e. The number of benzene rings is 2. The largest absolute Gasteiger partial charge is 0.507 e. The second-order valence-electron chi connectivity index (χ2n) is 7.34. The summed E-state index contributed by atoms with van der Waals surface area (Å²) in [6, 6.07) is 4.24. The molecule has 2 rings (SSSR count). The highest BCUT2D eigenvalue weighted by atomic mass is 16.3. The SMILES string of the molecule is Cc1cc(C(C)C(C)c2cc(C)c(O)c(C)c2C)c(C)c(C)c1O. The van der Waals surface area contributed by atoms with E-state index in [1.54, 1.807) is 0 Å². The van der Waals surface area contributed by atoms with Gasteiger partial charge in [-0.1, -0.05) is 26.0 Å². The molecule has 24 heavy (non-hydrogen) atoms. The molecule has 2 atom stereocenters. The average molecular weight is 326 g/mol. The van der Waals surface area contributed by atoms with Crippen LogP contribution >= 0.6 is 0 Å². The lowest BCUT2D eigenvalue weighted by molar-refractivity contribution is 0.463. The molecule has 130 valence electrons. The van der Waals surface area contributed by atoms with E-state index in [1.807, 2.05) is 27.7 Å². The molecule has 0 aromatic heterocycles. The summed E-state index contributed by atoms with van der Waals surface area (Å²) in [6.07, 6.45) is 0. The molecule has 0 aliphatic carbocycles. The number of hydrogen-bond donors (Lipinski definition) is 2. The van der Waals surface area contributed by atoms with Crippen LogP contribution in [0.2, 0.25) is 0 Å². The first kappa shape index (κ1) is 18.4. The van der Waals surface area contributed by atoms with E-state index < -0.39 is 0 Å². The molecule has 0 saturated carbocycles. The van der Waals surface area contributed by atoms with E-state index >= 15 is 0 Å². The van der Waals surface area contributed by atoms with Gasteiger partial charge in [0.25, 0.3) is 0 Å². The lowest BCUT2D eigenvalue weighted by Crippen LogP contribution is -2.10. The molecule has 0 heterocycles. The minimum atomic E-state index is 0.324. The monoisotopic (exact) mass is 326 g/mol. The van der Waals surface area contributed by atoms with Crippen LogP contribution in [-0.4, -0.2) is 10.2 Å². The molecule has 2 heteroatoms. The predicted octanol–water partition coefficient (Wildman–Crippen LogP) is 5.86. The van der Waals surface area contributed by atoms with Crippen LogP contribution < -0.4 is 0 Å². The summed E-state index contributed by atoms with van der Waals surface area (Å²) in [5, 5.41) is 20.3. The van der Waals surface area contributed by atoms with Gasteiger partial charge in [-0.15, -0.1) is 0 Å². The van der Waals surface area contributed by atoms with E-state index in [1.165, 1.54) is 22.3 Å². The van der Waals surface area contributed by atoms with Gasteiger partial charge in [-0.2, -0.15) is 0 Å². The van der Waals surface area contributed by atoms with Crippen LogP contribution in [0.4, 0.5) is 0 Å². The lowest BCUT2D eigenvalue weighted by Gasteiger charge is -2.27. The van der Waals surface area contributed by atoms with Crippen LogP contribution in [-0.2, 0) is 0 Å². The molecule has 2 aromatic rings. The maximum Gasteiger partial charge on any atom is 0.121 e. The standard InChI is InChI=1S/C22H30O2/c1-11-9-19(15(5)17(7)21(11)23)13(3)14(4)20-10-12(2)22(24)18(8)16(20)6/h9-10,13-14,23-24H,1-8H3. The molecule has 0 aliphatic heterocycles. The summed E-state index contributed by atoms with van der Waals surface area (Å²) in [4.78, 5) is 0. The van der Waals surface area contributed by atoms with Crippen molar-refractivity contribution in [3.8, 4) is 11.5 Å². The Balaban J connectivity index is 2.54. The molecular formula is C22H30O2. The molecule has 2 N–H and O–H groups in total. The van der Waals surface area contributed by atoms with Crippen LogP contribution in [0.5, 0.6) is 11.5 Å². The summed E-state index contributed by atoms with van der Waals surface area (Å²) < 4.78 is 0. The van der Waals surface area contributed by atoms with Crippen molar-refractivity contribution in [2.75, 3.05) is 0 Å². The normalized spacial score (nSPS) is 13.8. The molecule has 0 spiro atoms. The van der Waals surface area contributed by atoms with Crippen molar-refractivity contribution in [1.82, 2.24) is 0 Å². The zero-order valence-electron chi connectivity index (χ0n) is 16.2. The highest BCUT2D eigenvalue weighted by Gasteiger charge is 2.23. The average Bonchev–Trinajstić information content (AvgIpc) is 2.56. The number of phenolic OH excluding ortho intramolecular Hbond substituents is 2. The second-order valence-corrected chi connectivity index (χ2v) is 7.34. The van der Waals surface area contributed by atoms with Crippen LogP contribution in [0, 0.1) is 41.5 Å². The first-order chi connectivity index (χ1) is 11.1. The molecule has 0 radical (unpaired) electrons. The summed E-state index contributed by atoms with van der Waals surface area (Å²) >= 11 is 0. The van der Waals surface area contributed by atoms with E-state index in [4.69, 9.17) is 0 Å². The van der Waals surface area contributed by atoms with Crippen molar-refractivity contribution in [2.45, 2.75) is 67.2 Å². The Labute approximate surface area is 146 Å². The third kappa shape index (κ3) is 2.90. The van der Waals surface area contributed by atoms with Gasteiger partial charge in [0.05, 0.1) is 0 Å². The third-order valence-electron chi connectivity index (χ3n) is 5.92. The number of phenols is 2. The van der Waals surface area contributed by atoms with Crippen molar-refractivity contribution >= 4 is 0 Å². The fraction of sp³-hybridized carbons (Fsp3) is 0.455. The van der Waals surface area contributed by atoms with Crippen LogP contribution in [0.3, 0.4) is 0 Å². The molecular weight excluding hydrogens is 296 g/mol. The van der Waals surface area contributed by atoms with Crippen molar-refractivity contribution in [3.05, 3.63) is 56.6 Å². The van der Waals surface area contributed by atoms with Gasteiger partial charge in [-0.3, -0.25) is 0 Å². The summed E-state index contributed by atoms with van der Waals surface area (Å²) in [5.74, 6) is 1.46. The van der Waals surface area contributed by atoms with E-state index in [0.29, 0.717) is 23.3 Å². The topological polar surface area (TPSA) is 40.5 Å².